The third kappa shape index (κ3) is 4.95. The van der Waals surface area contributed by atoms with Crippen molar-refractivity contribution in [2.45, 2.75) is 38.6 Å². The van der Waals surface area contributed by atoms with Crippen LogP contribution in [0.3, 0.4) is 0 Å². The minimum atomic E-state index is 0.170. The van der Waals surface area contributed by atoms with E-state index in [1.807, 2.05) is 18.2 Å². The van der Waals surface area contributed by atoms with Gasteiger partial charge in [-0.05, 0) is 37.0 Å². The lowest BCUT2D eigenvalue weighted by molar-refractivity contribution is 0.313. The van der Waals surface area contributed by atoms with E-state index in [-0.39, 0.29) is 6.04 Å². The SMILES string of the molecule is CCC(N)Cc1ccc(OCCCC#N)c(Cl)c1. The van der Waals surface area contributed by atoms with Gasteiger partial charge in [0.25, 0.3) is 0 Å². The maximum atomic E-state index is 8.42. The van der Waals surface area contributed by atoms with Crippen molar-refractivity contribution < 1.29 is 4.74 Å². The predicted octanol–water partition coefficient (Wildman–Crippen LogP) is 3.30. The molecule has 0 aromatic heterocycles. The molecule has 1 aromatic rings. The molecule has 2 N–H and O–H groups in total. The second kappa shape index (κ2) is 7.97. The van der Waals surface area contributed by atoms with Crippen LogP contribution in [0, 0.1) is 11.3 Å². The molecule has 1 unspecified atom stereocenters. The summed E-state index contributed by atoms with van der Waals surface area (Å²) in [5.74, 6) is 0.670. The van der Waals surface area contributed by atoms with Gasteiger partial charge < -0.3 is 10.5 Å². The van der Waals surface area contributed by atoms with E-state index in [2.05, 4.69) is 13.0 Å². The molecule has 4 heteroatoms. The molecule has 0 fully saturated rings. The molecule has 0 saturated heterocycles. The number of hydrogen-bond donors (Lipinski definition) is 1. The van der Waals surface area contributed by atoms with Crippen LogP contribution >= 0.6 is 11.6 Å². The highest BCUT2D eigenvalue weighted by molar-refractivity contribution is 6.32. The number of nitrogens with two attached hydrogens (primary N) is 1. The van der Waals surface area contributed by atoms with Crippen molar-refractivity contribution in [1.82, 2.24) is 0 Å². The lowest BCUT2D eigenvalue weighted by Crippen LogP contribution is -2.21. The van der Waals surface area contributed by atoms with Crippen LogP contribution in [-0.2, 0) is 6.42 Å². The van der Waals surface area contributed by atoms with Gasteiger partial charge >= 0.3 is 0 Å². The Morgan fingerprint density at radius 1 is 1.50 bits per heavy atom. The summed E-state index contributed by atoms with van der Waals surface area (Å²) in [6.45, 7) is 2.58. The summed E-state index contributed by atoms with van der Waals surface area (Å²) in [6, 6.07) is 8.00. The normalized spacial score (nSPS) is 11.9. The van der Waals surface area contributed by atoms with Gasteiger partial charge in [-0.3, -0.25) is 0 Å². The fraction of sp³-hybridized carbons (Fsp3) is 0.500. The highest BCUT2D eigenvalue weighted by atomic mass is 35.5. The van der Waals surface area contributed by atoms with E-state index in [1.165, 1.54) is 0 Å². The zero-order chi connectivity index (χ0) is 13.4. The zero-order valence-corrected chi connectivity index (χ0v) is 11.4. The van der Waals surface area contributed by atoms with Gasteiger partial charge in [-0.15, -0.1) is 0 Å². The van der Waals surface area contributed by atoms with Gasteiger partial charge in [0.05, 0.1) is 17.7 Å². The highest BCUT2D eigenvalue weighted by Gasteiger charge is 2.06. The Bertz CT molecular complexity index is 415. The Morgan fingerprint density at radius 2 is 2.28 bits per heavy atom. The maximum absolute atomic E-state index is 8.42. The van der Waals surface area contributed by atoms with Crippen molar-refractivity contribution in [2.75, 3.05) is 6.61 Å². The van der Waals surface area contributed by atoms with Crippen LogP contribution in [0.25, 0.3) is 0 Å². The summed E-state index contributed by atoms with van der Waals surface area (Å²) in [5, 5.41) is 9.02. The van der Waals surface area contributed by atoms with E-state index in [1.54, 1.807) is 0 Å². The van der Waals surface area contributed by atoms with Crippen molar-refractivity contribution >= 4 is 11.6 Å². The van der Waals surface area contributed by atoms with Gasteiger partial charge in [-0.25, -0.2) is 0 Å². The fourth-order valence-electron chi connectivity index (χ4n) is 1.57. The first-order chi connectivity index (χ1) is 8.67. The molecule has 0 radical (unpaired) electrons. The van der Waals surface area contributed by atoms with Crippen molar-refractivity contribution in [3.8, 4) is 11.8 Å². The summed E-state index contributed by atoms with van der Waals surface area (Å²) in [5.41, 5.74) is 7.03. The van der Waals surface area contributed by atoms with Crippen LogP contribution in [0.4, 0.5) is 0 Å². The smallest absolute Gasteiger partial charge is 0.137 e. The molecule has 0 saturated carbocycles. The van der Waals surface area contributed by atoms with Gasteiger partial charge in [-0.2, -0.15) is 5.26 Å². The number of nitriles is 1. The minimum absolute atomic E-state index is 0.170. The second-order valence-electron chi connectivity index (χ2n) is 4.25. The molecule has 3 nitrogen and oxygen atoms in total. The Kier molecular flexibility index (Phi) is 6.56. The van der Waals surface area contributed by atoms with Crippen molar-refractivity contribution in [2.24, 2.45) is 5.73 Å². The number of unbranched alkanes of at least 4 members (excludes halogenated alkanes) is 1. The van der Waals surface area contributed by atoms with E-state index >= 15 is 0 Å². The van der Waals surface area contributed by atoms with Crippen LogP contribution in [0.5, 0.6) is 5.75 Å². The van der Waals surface area contributed by atoms with Gasteiger partial charge in [-0.1, -0.05) is 24.6 Å². The first kappa shape index (κ1) is 14.8. The Hall–Kier alpha value is -1.24. The van der Waals surface area contributed by atoms with Crippen LogP contribution < -0.4 is 10.5 Å². The number of ether oxygens (including phenoxy) is 1. The average Bonchev–Trinajstić information content (AvgIpc) is 2.36. The van der Waals surface area contributed by atoms with Crippen LogP contribution in [0.1, 0.15) is 31.7 Å². The number of halogens is 1. The molecule has 0 aliphatic rings. The number of rotatable bonds is 7. The van der Waals surface area contributed by atoms with E-state index < -0.39 is 0 Å². The summed E-state index contributed by atoms with van der Waals surface area (Å²) in [6.07, 6.45) is 2.99. The quantitative estimate of drug-likeness (QED) is 0.771. The van der Waals surface area contributed by atoms with E-state index in [4.69, 9.17) is 27.3 Å². The molecule has 1 atom stereocenters. The molecule has 0 bridgehead atoms. The first-order valence-corrected chi connectivity index (χ1v) is 6.59. The molecule has 0 amide bonds. The van der Waals surface area contributed by atoms with Crippen LogP contribution in [-0.4, -0.2) is 12.6 Å². The van der Waals surface area contributed by atoms with Gasteiger partial charge in [0.2, 0.25) is 0 Å². The lowest BCUT2D eigenvalue weighted by Gasteiger charge is -2.11. The number of nitrogens with zero attached hydrogens (tertiary/aromatic N) is 1. The number of hydrogen-bond acceptors (Lipinski definition) is 3. The number of benzene rings is 1. The molecule has 0 heterocycles. The molecule has 1 rings (SSSR count). The average molecular weight is 267 g/mol. The topological polar surface area (TPSA) is 59.0 Å². The molecule has 0 aliphatic carbocycles. The van der Waals surface area contributed by atoms with Crippen molar-refractivity contribution in [1.29, 1.82) is 5.26 Å². The summed E-state index contributed by atoms with van der Waals surface area (Å²) in [7, 11) is 0. The molecule has 1 aromatic carbocycles. The van der Waals surface area contributed by atoms with Crippen LogP contribution in [0.2, 0.25) is 5.02 Å². The second-order valence-corrected chi connectivity index (χ2v) is 4.65. The van der Waals surface area contributed by atoms with Gasteiger partial charge in [0.15, 0.2) is 0 Å². The van der Waals surface area contributed by atoms with E-state index in [9.17, 15) is 0 Å². The predicted molar refractivity (Wildman–Crippen MR) is 73.8 cm³/mol. The maximum Gasteiger partial charge on any atom is 0.137 e. The summed E-state index contributed by atoms with van der Waals surface area (Å²) in [4.78, 5) is 0. The summed E-state index contributed by atoms with van der Waals surface area (Å²) >= 11 is 6.14. The molecular formula is C14H19ClN2O. The fourth-order valence-corrected chi connectivity index (χ4v) is 1.83. The Morgan fingerprint density at radius 3 is 2.89 bits per heavy atom. The minimum Gasteiger partial charge on any atom is -0.492 e. The highest BCUT2D eigenvalue weighted by Crippen LogP contribution is 2.26. The molecule has 18 heavy (non-hydrogen) atoms. The van der Waals surface area contributed by atoms with Crippen LogP contribution in [0.15, 0.2) is 18.2 Å². The lowest BCUT2D eigenvalue weighted by atomic mass is 10.0. The third-order valence-electron chi connectivity index (χ3n) is 2.71. The summed E-state index contributed by atoms with van der Waals surface area (Å²) < 4.78 is 5.51. The Labute approximate surface area is 114 Å². The molecule has 98 valence electrons. The van der Waals surface area contributed by atoms with Crippen molar-refractivity contribution in [3.05, 3.63) is 28.8 Å². The first-order valence-electron chi connectivity index (χ1n) is 6.21. The molecule has 0 spiro atoms. The van der Waals surface area contributed by atoms with Crippen molar-refractivity contribution in [3.63, 3.8) is 0 Å². The monoisotopic (exact) mass is 266 g/mol. The van der Waals surface area contributed by atoms with Gasteiger partial charge in [0, 0.05) is 12.5 Å². The largest absolute Gasteiger partial charge is 0.492 e. The van der Waals surface area contributed by atoms with E-state index in [0.29, 0.717) is 23.8 Å². The standard InChI is InChI=1S/C14H19ClN2O/c1-2-12(17)9-11-5-6-14(13(15)10-11)18-8-4-3-7-16/h5-6,10,12H,2-4,8-9,17H2,1H3. The molecule has 0 aliphatic heterocycles. The zero-order valence-electron chi connectivity index (χ0n) is 10.7. The third-order valence-corrected chi connectivity index (χ3v) is 3.00. The Balaban J connectivity index is 2.54. The van der Waals surface area contributed by atoms with Gasteiger partial charge in [0.1, 0.15) is 5.75 Å². The van der Waals surface area contributed by atoms with E-state index in [0.717, 1.165) is 24.8 Å². The molecular weight excluding hydrogens is 248 g/mol.